The molecule has 0 saturated heterocycles. The second-order valence-corrected chi connectivity index (χ2v) is 7.44. The summed E-state index contributed by atoms with van der Waals surface area (Å²) in [6.45, 7) is 14.8. The summed E-state index contributed by atoms with van der Waals surface area (Å²) in [5.41, 5.74) is 3.82. The molecule has 2 nitrogen and oxygen atoms in total. The largest absolute Gasteiger partial charge is 0.507 e. The number of aromatic hydroxyl groups is 1. The summed E-state index contributed by atoms with van der Waals surface area (Å²) in [5.74, 6) is 0.363. The summed E-state index contributed by atoms with van der Waals surface area (Å²) < 4.78 is 5.69. The third kappa shape index (κ3) is 2.24. The highest BCUT2D eigenvalue weighted by Gasteiger charge is 2.28. The van der Waals surface area contributed by atoms with Gasteiger partial charge >= 0.3 is 0 Å². The van der Waals surface area contributed by atoms with Gasteiger partial charge in [-0.05, 0) is 29.4 Å². The number of phenols is 1. The van der Waals surface area contributed by atoms with Crippen LogP contribution in [0.1, 0.15) is 58.2 Å². The molecule has 0 radical (unpaired) electrons. The summed E-state index contributed by atoms with van der Waals surface area (Å²) in [5, 5.41) is 11.4. The zero-order valence-corrected chi connectivity index (χ0v) is 13.0. The Morgan fingerprint density at radius 1 is 0.947 bits per heavy atom. The number of benzene rings is 1. The van der Waals surface area contributed by atoms with Crippen molar-refractivity contribution < 1.29 is 9.52 Å². The molecule has 104 valence electrons. The van der Waals surface area contributed by atoms with Gasteiger partial charge in [0.1, 0.15) is 11.3 Å². The quantitative estimate of drug-likeness (QED) is 0.719. The van der Waals surface area contributed by atoms with Gasteiger partial charge in [0, 0.05) is 11.1 Å². The predicted octanol–water partition coefficient (Wildman–Crippen LogP) is 5.04. The van der Waals surface area contributed by atoms with Gasteiger partial charge < -0.3 is 9.52 Å². The molecule has 2 heteroatoms. The summed E-state index contributed by atoms with van der Waals surface area (Å²) in [6.07, 6.45) is 1.73. The first kappa shape index (κ1) is 14.0. The molecule has 0 spiro atoms. The van der Waals surface area contributed by atoms with Crippen LogP contribution in [-0.4, -0.2) is 5.11 Å². The number of rotatable bonds is 0. The fourth-order valence-electron chi connectivity index (χ4n) is 2.48. The Kier molecular flexibility index (Phi) is 2.96. The Bertz CT molecular complexity index is 619. The molecule has 0 unspecified atom stereocenters. The van der Waals surface area contributed by atoms with Gasteiger partial charge in [-0.2, -0.15) is 0 Å². The molecule has 1 aromatic heterocycles. The van der Waals surface area contributed by atoms with Crippen molar-refractivity contribution in [3.05, 3.63) is 29.0 Å². The lowest BCUT2D eigenvalue weighted by molar-refractivity contribution is 0.450. The molecular formula is C17H24O2. The van der Waals surface area contributed by atoms with Crippen molar-refractivity contribution in [3.8, 4) is 5.75 Å². The molecule has 0 aliphatic heterocycles. The van der Waals surface area contributed by atoms with Gasteiger partial charge in [-0.1, -0.05) is 41.5 Å². The topological polar surface area (TPSA) is 33.4 Å². The first-order valence-electron chi connectivity index (χ1n) is 6.78. The van der Waals surface area contributed by atoms with Crippen molar-refractivity contribution in [2.75, 3.05) is 0 Å². The Morgan fingerprint density at radius 3 is 1.95 bits per heavy atom. The van der Waals surface area contributed by atoms with E-state index in [9.17, 15) is 5.11 Å². The Hall–Kier alpha value is -1.44. The molecule has 1 N–H and O–H groups in total. The lowest BCUT2D eigenvalue weighted by atomic mass is 9.79. The summed E-state index contributed by atoms with van der Waals surface area (Å²) in [7, 11) is 0. The van der Waals surface area contributed by atoms with E-state index in [4.69, 9.17) is 4.42 Å². The molecule has 0 amide bonds. The van der Waals surface area contributed by atoms with Gasteiger partial charge in [-0.15, -0.1) is 0 Å². The fourth-order valence-corrected chi connectivity index (χ4v) is 2.48. The van der Waals surface area contributed by atoms with Crippen LogP contribution in [0, 0.1) is 6.92 Å². The van der Waals surface area contributed by atoms with Gasteiger partial charge in [-0.25, -0.2) is 0 Å². The molecule has 0 fully saturated rings. The first-order chi connectivity index (χ1) is 8.53. The van der Waals surface area contributed by atoms with Crippen molar-refractivity contribution in [1.29, 1.82) is 0 Å². The number of aryl methyl sites for hydroxylation is 1. The third-order valence-corrected chi connectivity index (χ3v) is 3.62. The van der Waals surface area contributed by atoms with Crippen LogP contribution in [0.3, 0.4) is 0 Å². The molecule has 0 atom stereocenters. The van der Waals surface area contributed by atoms with Crippen molar-refractivity contribution in [3.63, 3.8) is 0 Å². The summed E-state index contributed by atoms with van der Waals surface area (Å²) in [4.78, 5) is 0. The number of hydrogen-bond donors (Lipinski definition) is 1. The maximum Gasteiger partial charge on any atom is 0.141 e. The lowest BCUT2D eigenvalue weighted by Crippen LogP contribution is -2.16. The van der Waals surface area contributed by atoms with E-state index < -0.39 is 0 Å². The summed E-state index contributed by atoms with van der Waals surface area (Å²) >= 11 is 0. The molecule has 0 bridgehead atoms. The molecule has 0 aliphatic carbocycles. The van der Waals surface area contributed by atoms with Gasteiger partial charge in [0.05, 0.1) is 11.6 Å². The molecule has 1 aromatic carbocycles. The highest BCUT2D eigenvalue weighted by molar-refractivity contribution is 5.91. The second-order valence-electron chi connectivity index (χ2n) is 7.44. The normalized spacial score (nSPS) is 13.2. The van der Waals surface area contributed by atoms with Crippen LogP contribution < -0.4 is 0 Å². The number of furan rings is 1. The van der Waals surface area contributed by atoms with E-state index in [-0.39, 0.29) is 10.8 Å². The predicted molar refractivity (Wildman–Crippen MR) is 80.0 cm³/mol. The maximum absolute atomic E-state index is 10.6. The van der Waals surface area contributed by atoms with Crippen LogP contribution in [0.15, 0.2) is 16.7 Å². The summed E-state index contributed by atoms with van der Waals surface area (Å²) in [6, 6.07) is 2.10. The van der Waals surface area contributed by atoms with E-state index in [0.717, 1.165) is 27.7 Å². The van der Waals surface area contributed by atoms with Crippen LogP contribution in [0.4, 0.5) is 0 Å². The van der Waals surface area contributed by atoms with Crippen molar-refractivity contribution >= 4 is 11.0 Å². The highest BCUT2D eigenvalue weighted by Crippen LogP contribution is 2.43. The minimum Gasteiger partial charge on any atom is -0.507 e. The molecular weight excluding hydrogens is 236 g/mol. The van der Waals surface area contributed by atoms with Gasteiger partial charge in [0.15, 0.2) is 0 Å². The van der Waals surface area contributed by atoms with E-state index in [0.29, 0.717) is 5.75 Å². The van der Waals surface area contributed by atoms with E-state index >= 15 is 0 Å². The van der Waals surface area contributed by atoms with Crippen molar-refractivity contribution in [1.82, 2.24) is 0 Å². The number of fused-ring (bicyclic) bond motifs is 1. The average molecular weight is 260 g/mol. The fraction of sp³-hybridized carbons (Fsp3) is 0.529. The van der Waals surface area contributed by atoms with Gasteiger partial charge in [0.2, 0.25) is 0 Å². The van der Waals surface area contributed by atoms with Crippen molar-refractivity contribution in [2.45, 2.75) is 59.3 Å². The van der Waals surface area contributed by atoms with E-state index in [1.165, 1.54) is 0 Å². The lowest BCUT2D eigenvalue weighted by Gasteiger charge is -2.26. The average Bonchev–Trinajstić information content (AvgIpc) is 2.58. The smallest absolute Gasteiger partial charge is 0.141 e. The van der Waals surface area contributed by atoms with Crippen molar-refractivity contribution in [2.24, 2.45) is 0 Å². The van der Waals surface area contributed by atoms with E-state index in [2.05, 4.69) is 47.6 Å². The van der Waals surface area contributed by atoms with Gasteiger partial charge in [-0.3, -0.25) is 0 Å². The molecule has 2 aromatic rings. The van der Waals surface area contributed by atoms with Gasteiger partial charge in [0.25, 0.3) is 0 Å². The van der Waals surface area contributed by atoms with Crippen LogP contribution >= 0.6 is 0 Å². The zero-order valence-electron chi connectivity index (χ0n) is 13.0. The highest BCUT2D eigenvalue weighted by atomic mass is 16.3. The standard InChI is InChI=1S/C17H24O2/c1-10-9-19-15-12(17(5,6)7)8-11(16(2,3)4)14(18)13(10)15/h8-9,18H,1-7H3. The Balaban J connectivity index is 2.95. The molecule has 2 rings (SSSR count). The van der Waals surface area contributed by atoms with E-state index in [1.807, 2.05) is 6.92 Å². The maximum atomic E-state index is 10.6. The SMILES string of the molecule is Cc1coc2c(C(C)(C)C)cc(C(C)(C)C)c(O)c12. The van der Waals surface area contributed by atoms with Crippen LogP contribution in [0.25, 0.3) is 11.0 Å². The second kappa shape index (κ2) is 4.03. The Labute approximate surface area is 115 Å². The molecule has 0 aliphatic rings. The minimum atomic E-state index is -0.0953. The first-order valence-corrected chi connectivity index (χ1v) is 6.78. The zero-order chi connectivity index (χ0) is 14.6. The van der Waals surface area contributed by atoms with Crippen LogP contribution in [0.2, 0.25) is 0 Å². The number of hydrogen-bond acceptors (Lipinski definition) is 2. The monoisotopic (exact) mass is 260 g/mol. The van der Waals surface area contributed by atoms with Crippen LogP contribution in [0.5, 0.6) is 5.75 Å². The molecule has 0 saturated carbocycles. The van der Waals surface area contributed by atoms with E-state index in [1.54, 1.807) is 6.26 Å². The molecule has 1 heterocycles. The minimum absolute atomic E-state index is 0.0176. The Morgan fingerprint density at radius 2 is 1.47 bits per heavy atom. The van der Waals surface area contributed by atoms with Crippen LogP contribution in [-0.2, 0) is 10.8 Å². The number of phenolic OH excluding ortho intramolecular Hbond substituents is 1. The third-order valence-electron chi connectivity index (χ3n) is 3.62. The molecule has 19 heavy (non-hydrogen) atoms.